The Morgan fingerprint density at radius 3 is 2.40 bits per heavy atom. The van der Waals surface area contributed by atoms with E-state index in [1.54, 1.807) is 6.07 Å². The average molecular weight is 246 g/mol. The maximum Gasteiger partial charge on any atom is 0.0595 e. The van der Waals surface area contributed by atoms with Crippen LogP contribution in [-0.2, 0) is 5.54 Å². The third-order valence-electron chi connectivity index (χ3n) is 3.18. The number of hydrogen-bond donors (Lipinski definition) is 1. The topological polar surface area (TPSA) is 26.0 Å². The SMILES string of the molecule is CCC(C)C(C)(N)c1ccc(Cl)c(Cl)c1. The van der Waals surface area contributed by atoms with Crippen LogP contribution in [0.3, 0.4) is 0 Å². The van der Waals surface area contributed by atoms with Gasteiger partial charge in [0.25, 0.3) is 0 Å². The number of benzene rings is 1. The zero-order chi connectivity index (χ0) is 11.6. The lowest BCUT2D eigenvalue weighted by molar-refractivity contribution is 0.316. The minimum atomic E-state index is -0.358. The summed E-state index contributed by atoms with van der Waals surface area (Å²) < 4.78 is 0. The molecule has 1 nitrogen and oxygen atoms in total. The van der Waals surface area contributed by atoms with Crippen LogP contribution in [0.4, 0.5) is 0 Å². The van der Waals surface area contributed by atoms with Crippen LogP contribution in [0.5, 0.6) is 0 Å². The highest BCUT2D eigenvalue weighted by Gasteiger charge is 2.27. The number of nitrogens with two attached hydrogens (primary N) is 1. The largest absolute Gasteiger partial charge is 0.321 e. The van der Waals surface area contributed by atoms with Gasteiger partial charge < -0.3 is 5.73 Å². The van der Waals surface area contributed by atoms with Crippen molar-refractivity contribution < 1.29 is 0 Å². The molecule has 0 fully saturated rings. The summed E-state index contributed by atoms with van der Waals surface area (Å²) in [5.74, 6) is 0.398. The Balaban J connectivity index is 3.10. The Morgan fingerprint density at radius 2 is 1.93 bits per heavy atom. The molecule has 0 aromatic heterocycles. The molecule has 0 spiro atoms. The molecule has 2 atom stereocenters. The second-order valence-corrected chi connectivity index (χ2v) is 5.04. The van der Waals surface area contributed by atoms with E-state index in [1.807, 2.05) is 19.1 Å². The molecule has 0 amide bonds. The molecule has 2 N–H and O–H groups in total. The fraction of sp³-hybridized carbons (Fsp3) is 0.500. The molecule has 2 unspecified atom stereocenters. The molecule has 0 saturated heterocycles. The molecular formula is C12H17Cl2N. The van der Waals surface area contributed by atoms with Gasteiger partial charge in [-0.15, -0.1) is 0 Å². The fourth-order valence-electron chi connectivity index (χ4n) is 1.54. The second kappa shape index (κ2) is 4.73. The number of halogens is 2. The molecule has 0 bridgehead atoms. The van der Waals surface area contributed by atoms with Crippen molar-refractivity contribution in [2.75, 3.05) is 0 Å². The second-order valence-electron chi connectivity index (χ2n) is 4.22. The van der Waals surface area contributed by atoms with Crippen LogP contribution in [0.1, 0.15) is 32.8 Å². The summed E-state index contributed by atoms with van der Waals surface area (Å²) in [6.45, 7) is 6.30. The van der Waals surface area contributed by atoms with Gasteiger partial charge >= 0.3 is 0 Å². The van der Waals surface area contributed by atoms with Crippen molar-refractivity contribution in [1.82, 2.24) is 0 Å². The van der Waals surface area contributed by atoms with E-state index in [-0.39, 0.29) is 5.54 Å². The molecule has 1 aromatic carbocycles. The highest BCUT2D eigenvalue weighted by atomic mass is 35.5. The van der Waals surface area contributed by atoms with E-state index in [2.05, 4.69) is 13.8 Å². The molecule has 0 radical (unpaired) electrons. The smallest absolute Gasteiger partial charge is 0.0595 e. The van der Waals surface area contributed by atoms with Crippen LogP contribution in [0, 0.1) is 5.92 Å². The number of rotatable bonds is 3. The van der Waals surface area contributed by atoms with Gasteiger partial charge in [-0.1, -0.05) is 49.5 Å². The van der Waals surface area contributed by atoms with E-state index in [4.69, 9.17) is 28.9 Å². The minimum Gasteiger partial charge on any atom is -0.321 e. The van der Waals surface area contributed by atoms with Crippen LogP contribution in [0.2, 0.25) is 10.0 Å². The fourth-order valence-corrected chi connectivity index (χ4v) is 1.84. The van der Waals surface area contributed by atoms with Gasteiger partial charge in [0, 0.05) is 5.54 Å². The van der Waals surface area contributed by atoms with Gasteiger partial charge in [-0.2, -0.15) is 0 Å². The molecule has 0 aliphatic rings. The van der Waals surface area contributed by atoms with Crippen LogP contribution >= 0.6 is 23.2 Å². The first-order valence-electron chi connectivity index (χ1n) is 5.14. The van der Waals surface area contributed by atoms with Gasteiger partial charge in [0.1, 0.15) is 0 Å². The monoisotopic (exact) mass is 245 g/mol. The molecule has 0 saturated carbocycles. The molecule has 0 aliphatic carbocycles. The van der Waals surface area contributed by atoms with Crippen molar-refractivity contribution in [1.29, 1.82) is 0 Å². The summed E-state index contributed by atoms with van der Waals surface area (Å²) in [4.78, 5) is 0. The summed E-state index contributed by atoms with van der Waals surface area (Å²) >= 11 is 11.9. The Kier molecular flexibility index (Phi) is 4.05. The lowest BCUT2D eigenvalue weighted by atomic mass is 9.80. The van der Waals surface area contributed by atoms with E-state index in [0.717, 1.165) is 12.0 Å². The van der Waals surface area contributed by atoms with Gasteiger partial charge in [-0.25, -0.2) is 0 Å². The summed E-state index contributed by atoms with van der Waals surface area (Å²) in [6.07, 6.45) is 1.03. The van der Waals surface area contributed by atoms with Crippen molar-refractivity contribution in [3.05, 3.63) is 33.8 Å². The lowest BCUT2D eigenvalue weighted by Gasteiger charge is -2.31. The first-order chi connectivity index (χ1) is 6.89. The van der Waals surface area contributed by atoms with E-state index in [9.17, 15) is 0 Å². The maximum absolute atomic E-state index is 6.31. The average Bonchev–Trinajstić information content (AvgIpc) is 2.20. The summed E-state index contributed by atoms with van der Waals surface area (Å²) in [7, 11) is 0. The summed E-state index contributed by atoms with van der Waals surface area (Å²) in [5.41, 5.74) is 6.98. The van der Waals surface area contributed by atoms with Crippen LogP contribution in [0.15, 0.2) is 18.2 Å². The van der Waals surface area contributed by atoms with Crippen LogP contribution in [-0.4, -0.2) is 0 Å². The van der Waals surface area contributed by atoms with E-state index in [1.165, 1.54) is 0 Å². The first-order valence-corrected chi connectivity index (χ1v) is 5.89. The third-order valence-corrected chi connectivity index (χ3v) is 3.92. The highest BCUT2D eigenvalue weighted by Crippen LogP contribution is 2.32. The Bertz CT molecular complexity index is 347. The quantitative estimate of drug-likeness (QED) is 0.849. The summed E-state index contributed by atoms with van der Waals surface area (Å²) in [5, 5.41) is 1.13. The van der Waals surface area contributed by atoms with Crippen molar-refractivity contribution in [3.8, 4) is 0 Å². The maximum atomic E-state index is 6.31. The standard InChI is InChI=1S/C12H17Cl2N/c1-4-8(2)12(3,15)9-5-6-10(13)11(14)7-9/h5-8H,4,15H2,1-3H3. The minimum absolute atomic E-state index is 0.358. The van der Waals surface area contributed by atoms with Crippen LogP contribution in [0.25, 0.3) is 0 Å². The zero-order valence-electron chi connectivity index (χ0n) is 9.35. The van der Waals surface area contributed by atoms with E-state index >= 15 is 0 Å². The Labute approximate surface area is 102 Å². The van der Waals surface area contributed by atoms with E-state index < -0.39 is 0 Å². The molecule has 15 heavy (non-hydrogen) atoms. The third kappa shape index (κ3) is 2.66. The lowest BCUT2D eigenvalue weighted by Crippen LogP contribution is -2.39. The Hall–Kier alpha value is -0.240. The zero-order valence-corrected chi connectivity index (χ0v) is 10.9. The molecule has 0 aliphatic heterocycles. The number of hydrogen-bond acceptors (Lipinski definition) is 1. The molecule has 1 rings (SSSR count). The molecule has 1 aromatic rings. The Morgan fingerprint density at radius 1 is 1.33 bits per heavy atom. The van der Waals surface area contributed by atoms with Gasteiger partial charge in [0.2, 0.25) is 0 Å². The molecular weight excluding hydrogens is 229 g/mol. The highest BCUT2D eigenvalue weighted by molar-refractivity contribution is 6.42. The molecule has 3 heteroatoms. The van der Waals surface area contributed by atoms with Crippen molar-refractivity contribution in [2.24, 2.45) is 11.7 Å². The first kappa shape index (κ1) is 12.8. The molecule has 84 valence electrons. The van der Waals surface area contributed by atoms with Gasteiger partial charge in [0.15, 0.2) is 0 Å². The van der Waals surface area contributed by atoms with Gasteiger partial charge in [-0.3, -0.25) is 0 Å². The van der Waals surface area contributed by atoms with Gasteiger partial charge in [-0.05, 0) is 30.5 Å². The predicted molar refractivity (Wildman–Crippen MR) is 67.5 cm³/mol. The van der Waals surface area contributed by atoms with E-state index in [0.29, 0.717) is 16.0 Å². The molecule has 0 heterocycles. The summed E-state index contributed by atoms with van der Waals surface area (Å²) in [6, 6.07) is 5.60. The predicted octanol–water partition coefficient (Wildman–Crippen LogP) is 4.21. The van der Waals surface area contributed by atoms with Gasteiger partial charge in [0.05, 0.1) is 10.0 Å². The van der Waals surface area contributed by atoms with Crippen molar-refractivity contribution in [3.63, 3.8) is 0 Å². The van der Waals surface area contributed by atoms with Crippen molar-refractivity contribution >= 4 is 23.2 Å². The van der Waals surface area contributed by atoms with Crippen molar-refractivity contribution in [2.45, 2.75) is 32.7 Å². The normalized spacial score (nSPS) is 17.2. The van der Waals surface area contributed by atoms with Crippen LogP contribution < -0.4 is 5.73 Å².